The van der Waals surface area contributed by atoms with Gasteiger partial charge in [-0.2, -0.15) is 5.10 Å². The summed E-state index contributed by atoms with van der Waals surface area (Å²) in [5.74, 6) is 0. The molecule has 0 aliphatic heterocycles. The molecule has 0 amide bonds. The van der Waals surface area contributed by atoms with Crippen LogP contribution < -0.4 is 0 Å². The summed E-state index contributed by atoms with van der Waals surface area (Å²) in [6.45, 7) is 0. The lowest BCUT2D eigenvalue weighted by Crippen LogP contribution is -2.08. The van der Waals surface area contributed by atoms with Crippen LogP contribution in [0.2, 0.25) is 0 Å². The molecule has 1 fully saturated rings. The average molecular weight is 257 g/mol. The number of aliphatic hydroxyl groups excluding tert-OH is 1. The molecule has 1 aliphatic carbocycles. The maximum atomic E-state index is 10.1. The van der Waals surface area contributed by atoms with Gasteiger partial charge in [0.2, 0.25) is 0 Å². The van der Waals surface area contributed by atoms with Gasteiger partial charge in [0.1, 0.15) is 6.10 Å². The van der Waals surface area contributed by atoms with Crippen LogP contribution in [0.15, 0.2) is 36.7 Å². The number of nitrogens with zero attached hydrogens (tertiary/aromatic N) is 3. The third-order valence-corrected chi connectivity index (χ3v) is 3.79. The summed E-state index contributed by atoms with van der Waals surface area (Å²) in [6.07, 6.45) is 8.75. The molecule has 1 atom stereocenters. The highest BCUT2D eigenvalue weighted by atomic mass is 16.3. The molecule has 0 radical (unpaired) electrons. The van der Waals surface area contributed by atoms with E-state index < -0.39 is 6.10 Å². The van der Waals surface area contributed by atoms with E-state index in [4.69, 9.17) is 0 Å². The van der Waals surface area contributed by atoms with E-state index in [1.807, 2.05) is 30.5 Å². The van der Waals surface area contributed by atoms with Gasteiger partial charge in [-0.25, -0.2) is 0 Å². The minimum absolute atomic E-state index is 0.525. The first kappa shape index (κ1) is 12.4. The van der Waals surface area contributed by atoms with E-state index in [9.17, 15) is 5.11 Å². The number of hydrogen-bond acceptors (Lipinski definition) is 3. The molecular weight excluding hydrogens is 238 g/mol. The minimum atomic E-state index is -0.576. The van der Waals surface area contributed by atoms with Crippen molar-refractivity contribution in [2.45, 2.75) is 44.2 Å². The second-order valence-corrected chi connectivity index (χ2v) is 5.20. The molecule has 1 saturated carbocycles. The number of aromatic nitrogens is 3. The first-order valence-electron chi connectivity index (χ1n) is 6.96. The van der Waals surface area contributed by atoms with Crippen molar-refractivity contribution in [2.24, 2.45) is 0 Å². The maximum Gasteiger partial charge on any atom is 0.102 e. The van der Waals surface area contributed by atoms with Crippen LogP contribution in [0.3, 0.4) is 0 Å². The zero-order valence-corrected chi connectivity index (χ0v) is 10.9. The van der Waals surface area contributed by atoms with E-state index in [1.165, 1.54) is 25.7 Å². The molecule has 0 saturated heterocycles. The highest BCUT2D eigenvalue weighted by Crippen LogP contribution is 2.29. The van der Waals surface area contributed by atoms with Gasteiger partial charge in [0.25, 0.3) is 0 Å². The predicted octanol–water partition coefficient (Wildman–Crippen LogP) is 2.67. The fourth-order valence-electron chi connectivity index (χ4n) is 2.73. The van der Waals surface area contributed by atoms with Crippen LogP contribution in [0.5, 0.6) is 0 Å². The Bertz CT molecular complexity index is 517. The second-order valence-electron chi connectivity index (χ2n) is 5.20. The van der Waals surface area contributed by atoms with E-state index in [2.05, 4.69) is 14.8 Å². The van der Waals surface area contributed by atoms with Crippen molar-refractivity contribution < 1.29 is 5.11 Å². The fourth-order valence-corrected chi connectivity index (χ4v) is 2.73. The van der Waals surface area contributed by atoms with Crippen LogP contribution in [0.25, 0.3) is 0 Å². The average Bonchev–Trinajstić information content (AvgIpc) is 3.10. The van der Waals surface area contributed by atoms with Gasteiger partial charge in [-0.1, -0.05) is 18.9 Å². The van der Waals surface area contributed by atoms with Crippen LogP contribution in [0.4, 0.5) is 0 Å². The molecule has 100 valence electrons. The van der Waals surface area contributed by atoms with Gasteiger partial charge < -0.3 is 5.11 Å². The predicted molar refractivity (Wildman–Crippen MR) is 72.6 cm³/mol. The smallest absolute Gasteiger partial charge is 0.102 e. The second kappa shape index (κ2) is 5.53. The van der Waals surface area contributed by atoms with Crippen molar-refractivity contribution in [1.82, 2.24) is 14.8 Å². The first-order chi connectivity index (χ1) is 9.33. The minimum Gasteiger partial charge on any atom is -0.386 e. The van der Waals surface area contributed by atoms with E-state index in [1.54, 1.807) is 6.20 Å². The SMILES string of the molecule is OC(Cc1ccn(C2CCCC2)n1)c1ccccn1. The van der Waals surface area contributed by atoms with Crippen LogP contribution >= 0.6 is 0 Å². The summed E-state index contributed by atoms with van der Waals surface area (Å²) in [4.78, 5) is 4.17. The third kappa shape index (κ3) is 2.84. The summed E-state index contributed by atoms with van der Waals surface area (Å²) in [6, 6.07) is 8.15. The van der Waals surface area contributed by atoms with Gasteiger partial charge in [0, 0.05) is 18.8 Å². The molecule has 2 aromatic heterocycles. The van der Waals surface area contributed by atoms with Gasteiger partial charge in [0.05, 0.1) is 17.4 Å². The van der Waals surface area contributed by atoms with E-state index in [0.717, 1.165) is 5.69 Å². The molecule has 19 heavy (non-hydrogen) atoms. The lowest BCUT2D eigenvalue weighted by atomic mass is 10.1. The Morgan fingerprint density at radius 2 is 2.11 bits per heavy atom. The van der Waals surface area contributed by atoms with Crippen LogP contribution in [-0.4, -0.2) is 19.9 Å². The Labute approximate surface area is 113 Å². The zero-order valence-electron chi connectivity index (χ0n) is 10.9. The van der Waals surface area contributed by atoms with Crippen molar-refractivity contribution in [1.29, 1.82) is 0 Å². The van der Waals surface area contributed by atoms with Gasteiger partial charge in [-0.3, -0.25) is 9.67 Å². The molecule has 1 unspecified atom stereocenters. The van der Waals surface area contributed by atoms with Crippen molar-refractivity contribution >= 4 is 0 Å². The summed E-state index contributed by atoms with van der Waals surface area (Å²) in [5.41, 5.74) is 1.64. The molecule has 1 aliphatic rings. The Balaban J connectivity index is 1.66. The number of rotatable bonds is 4. The number of pyridine rings is 1. The van der Waals surface area contributed by atoms with Crippen molar-refractivity contribution in [3.8, 4) is 0 Å². The highest BCUT2D eigenvalue weighted by Gasteiger charge is 2.18. The highest BCUT2D eigenvalue weighted by molar-refractivity contribution is 5.11. The molecule has 1 N–H and O–H groups in total. The fraction of sp³-hybridized carbons (Fsp3) is 0.467. The molecule has 0 bridgehead atoms. The van der Waals surface area contributed by atoms with E-state index in [-0.39, 0.29) is 0 Å². The largest absolute Gasteiger partial charge is 0.386 e. The Morgan fingerprint density at radius 1 is 1.26 bits per heavy atom. The van der Waals surface area contributed by atoms with E-state index >= 15 is 0 Å². The Morgan fingerprint density at radius 3 is 2.84 bits per heavy atom. The molecule has 3 rings (SSSR count). The van der Waals surface area contributed by atoms with E-state index in [0.29, 0.717) is 18.2 Å². The molecule has 4 nitrogen and oxygen atoms in total. The molecular formula is C15H19N3O. The lowest BCUT2D eigenvalue weighted by molar-refractivity contribution is 0.172. The van der Waals surface area contributed by atoms with Crippen LogP contribution in [0, 0.1) is 0 Å². The third-order valence-electron chi connectivity index (χ3n) is 3.79. The van der Waals surface area contributed by atoms with Crippen molar-refractivity contribution in [3.05, 3.63) is 48.0 Å². The molecule has 0 aromatic carbocycles. The lowest BCUT2D eigenvalue weighted by Gasteiger charge is -2.10. The number of aliphatic hydroxyl groups is 1. The standard InChI is InChI=1S/C15H19N3O/c19-15(14-7-3-4-9-16-14)11-12-8-10-18(17-12)13-5-1-2-6-13/h3-4,7-10,13,15,19H,1-2,5-6,11H2. The van der Waals surface area contributed by atoms with Gasteiger partial charge >= 0.3 is 0 Å². The van der Waals surface area contributed by atoms with Crippen LogP contribution in [0.1, 0.15) is 49.2 Å². The first-order valence-corrected chi connectivity index (χ1v) is 6.96. The number of hydrogen-bond donors (Lipinski definition) is 1. The summed E-state index contributed by atoms with van der Waals surface area (Å²) >= 11 is 0. The van der Waals surface area contributed by atoms with Crippen LogP contribution in [-0.2, 0) is 6.42 Å². The van der Waals surface area contributed by atoms with Crippen molar-refractivity contribution in [3.63, 3.8) is 0 Å². The molecule has 0 spiro atoms. The quantitative estimate of drug-likeness (QED) is 0.916. The summed E-state index contributed by atoms with van der Waals surface area (Å²) in [7, 11) is 0. The Hall–Kier alpha value is -1.68. The van der Waals surface area contributed by atoms with Gasteiger partial charge in [-0.15, -0.1) is 0 Å². The zero-order chi connectivity index (χ0) is 13.1. The molecule has 2 heterocycles. The Kier molecular flexibility index (Phi) is 3.60. The van der Waals surface area contributed by atoms with Gasteiger partial charge in [-0.05, 0) is 31.0 Å². The topological polar surface area (TPSA) is 50.9 Å². The normalized spacial score (nSPS) is 17.7. The maximum absolute atomic E-state index is 10.1. The monoisotopic (exact) mass is 257 g/mol. The summed E-state index contributed by atoms with van der Waals surface area (Å²) in [5, 5.41) is 14.7. The molecule has 4 heteroatoms. The molecule has 2 aromatic rings. The summed E-state index contributed by atoms with van der Waals surface area (Å²) < 4.78 is 2.06. The van der Waals surface area contributed by atoms with Crippen molar-refractivity contribution in [2.75, 3.05) is 0 Å². The van der Waals surface area contributed by atoms with Gasteiger partial charge in [0.15, 0.2) is 0 Å².